The van der Waals surface area contributed by atoms with Gasteiger partial charge in [0.1, 0.15) is 12.6 Å². The van der Waals surface area contributed by atoms with E-state index in [2.05, 4.69) is 5.32 Å². The van der Waals surface area contributed by atoms with Crippen LogP contribution in [0.3, 0.4) is 0 Å². The standard InChI is InChI=1S/C29H34N4O6S/c1-3-4-20-30-29(35)23(2)31(21-19-24-11-7-5-8-12-24)28(34)22-32(25-15-17-26(18-16-25)33(36)37)40(38,39)27-13-9-6-10-14-27/h5-18,23H,3-4,19-22H2,1-2H3,(H,30,35)/t23-/m1/s1. The van der Waals surface area contributed by atoms with Gasteiger partial charge in [0, 0.05) is 25.2 Å². The van der Waals surface area contributed by atoms with Crippen LogP contribution in [0.4, 0.5) is 11.4 Å². The molecule has 0 saturated carbocycles. The molecular weight excluding hydrogens is 532 g/mol. The van der Waals surface area contributed by atoms with E-state index in [0.29, 0.717) is 13.0 Å². The Hall–Kier alpha value is -4.25. The van der Waals surface area contributed by atoms with E-state index >= 15 is 0 Å². The molecule has 0 heterocycles. The van der Waals surface area contributed by atoms with Gasteiger partial charge in [0.2, 0.25) is 11.8 Å². The number of amides is 2. The Morgan fingerprint density at radius 2 is 1.55 bits per heavy atom. The average Bonchev–Trinajstić information content (AvgIpc) is 2.97. The molecule has 0 aliphatic heterocycles. The van der Waals surface area contributed by atoms with Crippen LogP contribution in [-0.2, 0) is 26.0 Å². The van der Waals surface area contributed by atoms with Crippen molar-refractivity contribution in [2.45, 2.75) is 44.0 Å². The summed E-state index contributed by atoms with van der Waals surface area (Å²) in [5, 5.41) is 14.0. The molecule has 0 aliphatic rings. The lowest BCUT2D eigenvalue weighted by Crippen LogP contribution is -2.52. The van der Waals surface area contributed by atoms with Crippen molar-refractivity contribution in [3.05, 3.63) is 101 Å². The van der Waals surface area contributed by atoms with E-state index in [1.165, 1.54) is 41.3 Å². The van der Waals surface area contributed by atoms with Crippen molar-refractivity contribution < 1.29 is 22.9 Å². The highest BCUT2D eigenvalue weighted by molar-refractivity contribution is 7.92. The predicted octanol–water partition coefficient (Wildman–Crippen LogP) is 4.17. The van der Waals surface area contributed by atoms with Crippen LogP contribution in [0.2, 0.25) is 0 Å². The van der Waals surface area contributed by atoms with Crippen LogP contribution in [-0.4, -0.2) is 55.7 Å². The molecule has 1 N–H and O–H groups in total. The Labute approximate surface area is 234 Å². The highest BCUT2D eigenvalue weighted by Crippen LogP contribution is 2.26. The number of nitrogens with one attached hydrogen (secondary N) is 1. The van der Waals surface area contributed by atoms with Gasteiger partial charge >= 0.3 is 0 Å². The number of sulfonamides is 1. The Morgan fingerprint density at radius 3 is 2.12 bits per heavy atom. The van der Waals surface area contributed by atoms with Crippen LogP contribution in [0.25, 0.3) is 0 Å². The minimum absolute atomic E-state index is 0.0395. The van der Waals surface area contributed by atoms with Gasteiger partial charge in [0.05, 0.1) is 15.5 Å². The summed E-state index contributed by atoms with van der Waals surface area (Å²) in [6.45, 7) is 3.68. The predicted molar refractivity (Wildman–Crippen MR) is 153 cm³/mol. The Morgan fingerprint density at radius 1 is 0.950 bits per heavy atom. The third-order valence-corrected chi connectivity index (χ3v) is 8.23. The van der Waals surface area contributed by atoms with Crippen molar-refractivity contribution in [3.63, 3.8) is 0 Å². The Kier molecular flexibility index (Phi) is 10.8. The molecule has 3 aromatic carbocycles. The van der Waals surface area contributed by atoms with Crippen LogP contribution in [0.1, 0.15) is 32.3 Å². The van der Waals surface area contributed by atoms with Crippen molar-refractivity contribution in [3.8, 4) is 0 Å². The summed E-state index contributed by atoms with van der Waals surface area (Å²) >= 11 is 0. The number of carbonyl (C=O) groups is 2. The lowest BCUT2D eigenvalue weighted by atomic mass is 10.1. The van der Waals surface area contributed by atoms with Crippen LogP contribution in [0.15, 0.2) is 89.8 Å². The summed E-state index contributed by atoms with van der Waals surface area (Å²) in [7, 11) is -4.23. The van der Waals surface area contributed by atoms with Gasteiger partial charge in [0.25, 0.3) is 15.7 Å². The monoisotopic (exact) mass is 566 g/mol. The van der Waals surface area contributed by atoms with E-state index < -0.39 is 33.4 Å². The summed E-state index contributed by atoms with van der Waals surface area (Å²) in [4.78, 5) is 38.7. The third-order valence-electron chi connectivity index (χ3n) is 6.44. The summed E-state index contributed by atoms with van der Waals surface area (Å²) in [5.74, 6) is -0.908. The van der Waals surface area contributed by atoms with Gasteiger partial charge in [-0.25, -0.2) is 8.42 Å². The zero-order valence-electron chi connectivity index (χ0n) is 22.6. The first kappa shape index (κ1) is 30.3. The van der Waals surface area contributed by atoms with Crippen LogP contribution < -0.4 is 9.62 Å². The van der Waals surface area contributed by atoms with E-state index in [9.17, 15) is 28.1 Å². The second-order valence-corrected chi connectivity index (χ2v) is 11.1. The number of benzene rings is 3. The Bertz CT molecular complexity index is 1380. The summed E-state index contributed by atoms with van der Waals surface area (Å²) in [5.41, 5.74) is 0.836. The van der Waals surface area contributed by atoms with Gasteiger partial charge in [-0.2, -0.15) is 0 Å². The maximum atomic E-state index is 13.8. The topological polar surface area (TPSA) is 130 Å². The largest absolute Gasteiger partial charge is 0.354 e. The fourth-order valence-electron chi connectivity index (χ4n) is 4.10. The number of carbonyl (C=O) groups excluding carboxylic acids is 2. The number of rotatable bonds is 14. The number of unbranched alkanes of at least 4 members (excludes halogenated alkanes) is 1. The van der Waals surface area contributed by atoms with E-state index in [1.54, 1.807) is 25.1 Å². The molecule has 11 heteroatoms. The molecule has 0 aromatic heterocycles. The second-order valence-electron chi connectivity index (χ2n) is 9.24. The maximum Gasteiger partial charge on any atom is 0.269 e. The molecule has 3 aromatic rings. The fourth-order valence-corrected chi connectivity index (χ4v) is 5.53. The first-order chi connectivity index (χ1) is 19.1. The summed E-state index contributed by atoms with van der Waals surface area (Å²) in [6.07, 6.45) is 2.15. The summed E-state index contributed by atoms with van der Waals surface area (Å²) in [6, 6.07) is 21.2. The van der Waals surface area contributed by atoms with Gasteiger partial charge in [-0.1, -0.05) is 61.9 Å². The molecule has 0 fully saturated rings. The number of hydrogen-bond acceptors (Lipinski definition) is 6. The van der Waals surface area contributed by atoms with Crippen molar-refractivity contribution in [1.29, 1.82) is 0 Å². The molecule has 0 unspecified atom stereocenters. The van der Waals surface area contributed by atoms with Crippen molar-refractivity contribution in [1.82, 2.24) is 10.2 Å². The van der Waals surface area contributed by atoms with E-state index in [-0.39, 0.29) is 28.7 Å². The first-order valence-electron chi connectivity index (χ1n) is 13.1. The number of non-ortho nitro benzene ring substituents is 1. The SMILES string of the molecule is CCCCNC(=O)[C@@H](C)N(CCc1ccccc1)C(=O)CN(c1ccc([N+](=O)[O-])cc1)S(=O)(=O)c1ccccc1. The van der Waals surface area contributed by atoms with Gasteiger partial charge in [-0.05, 0) is 49.6 Å². The van der Waals surface area contributed by atoms with Gasteiger partial charge < -0.3 is 10.2 Å². The van der Waals surface area contributed by atoms with Crippen LogP contribution in [0.5, 0.6) is 0 Å². The lowest BCUT2D eigenvalue weighted by molar-refractivity contribution is -0.384. The molecule has 10 nitrogen and oxygen atoms in total. The highest BCUT2D eigenvalue weighted by Gasteiger charge is 2.32. The minimum Gasteiger partial charge on any atom is -0.354 e. The van der Waals surface area contributed by atoms with E-state index in [4.69, 9.17) is 0 Å². The molecule has 3 rings (SSSR count). The van der Waals surface area contributed by atoms with Gasteiger partial charge in [-0.15, -0.1) is 0 Å². The number of nitro benzene ring substituents is 1. The van der Waals surface area contributed by atoms with Crippen LogP contribution >= 0.6 is 0 Å². The van der Waals surface area contributed by atoms with Crippen molar-refractivity contribution in [2.75, 3.05) is 23.9 Å². The van der Waals surface area contributed by atoms with Crippen molar-refractivity contribution in [2.24, 2.45) is 0 Å². The molecule has 212 valence electrons. The lowest BCUT2D eigenvalue weighted by Gasteiger charge is -2.32. The first-order valence-corrected chi connectivity index (χ1v) is 14.5. The number of anilines is 1. The maximum absolute atomic E-state index is 13.8. The molecular formula is C29H34N4O6S. The molecule has 2 amide bonds. The highest BCUT2D eigenvalue weighted by atomic mass is 32.2. The quantitative estimate of drug-likeness (QED) is 0.177. The molecule has 40 heavy (non-hydrogen) atoms. The van der Waals surface area contributed by atoms with E-state index in [0.717, 1.165) is 22.7 Å². The molecule has 1 atom stereocenters. The number of nitro groups is 1. The summed E-state index contributed by atoms with van der Waals surface area (Å²) < 4.78 is 28.3. The Balaban J connectivity index is 1.95. The van der Waals surface area contributed by atoms with Crippen LogP contribution in [0, 0.1) is 10.1 Å². The fraction of sp³-hybridized carbons (Fsp3) is 0.310. The normalized spacial score (nSPS) is 11.8. The average molecular weight is 567 g/mol. The molecule has 0 aliphatic carbocycles. The van der Waals surface area contributed by atoms with Gasteiger partial charge in [0.15, 0.2) is 0 Å². The molecule has 0 spiro atoms. The molecule has 0 saturated heterocycles. The smallest absolute Gasteiger partial charge is 0.269 e. The second kappa shape index (κ2) is 14.2. The van der Waals surface area contributed by atoms with Gasteiger partial charge in [-0.3, -0.25) is 24.0 Å². The third kappa shape index (κ3) is 7.89. The van der Waals surface area contributed by atoms with Crippen molar-refractivity contribution >= 4 is 33.2 Å². The minimum atomic E-state index is -4.23. The zero-order valence-corrected chi connectivity index (χ0v) is 23.4. The number of nitrogens with zero attached hydrogens (tertiary/aromatic N) is 3. The van der Waals surface area contributed by atoms with E-state index in [1.807, 2.05) is 37.3 Å². The zero-order chi connectivity index (χ0) is 29.1. The molecule has 0 bridgehead atoms. The number of hydrogen-bond donors (Lipinski definition) is 1. The molecule has 0 radical (unpaired) electrons.